The molecule has 2 aromatic heterocycles. The topological polar surface area (TPSA) is 83.4 Å². The summed E-state index contributed by atoms with van der Waals surface area (Å²) in [5, 5.41) is 4.89. The lowest BCUT2D eigenvalue weighted by Crippen LogP contribution is -2.35. The highest BCUT2D eigenvalue weighted by atomic mass is 16.2. The Labute approximate surface area is 213 Å². The number of carbonyl (C=O) groups excluding carboxylic acids is 1. The van der Waals surface area contributed by atoms with Gasteiger partial charge in [0.25, 0.3) is 11.5 Å². The molecule has 192 valence electrons. The van der Waals surface area contributed by atoms with E-state index in [1.165, 1.54) is 19.3 Å². The number of aromatic amines is 1. The zero-order chi connectivity index (χ0) is 25.4. The second-order valence-electron chi connectivity index (χ2n) is 11.7. The number of hydrogen-bond acceptors (Lipinski definition) is 4. The fraction of sp³-hybridized carbons (Fsp3) is 0.586. The van der Waals surface area contributed by atoms with Crippen LogP contribution in [-0.2, 0) is 6.42 Å². The summed E-state index contributed by atoms with van der Waals surface area (Å²) in [5.41, 5.74) is 3.00. The van der Waals surface area contributed by atoms with Gasteiger partial charge < -0.3 is 9.88 Å². The molecule has 1 N–H and O–H groups in total. The Balaban J connectivity index is 1.45. The van der Waals surface area contributed by atoms with Crippen LogP contribution in [0.1, 0.15) is 100 Å². The first kappa shape index (κ1) is 24.7. The highest BCUT2D eigenvalue weighted by Gasteiger charge is 2.33. The van der Waals surface area contributed by atoms with Gasteiger partial charge in [0.05, 0.1) is 5.69 Å². The van der Waals surface area contributed by atoms with E-state index >= 15 is 0 Å². The molecule has 1 aromatic carbocycles. The summed E-state index contributed by atoms with van der Waals surface area (Å²) >= 11 is 0. The third-order valence-electron chi connectivity index (χ3n) is 8.30. The average molecular weight is 490 g/mol. The molecule has 1 aliphatic heterocycles. The van der Waals surface area contributed by atoms with Gasteiger partial charge in [0.15, 0.2) is 11.3 Å². The Morgan fingerprint density at radius 2 is 1.69 bits per heavy atom. The van der Waals surface area contributed by atoms with Crippen molar-refractivity contribution in [2.45, 2.75) is 85.0 Å². The summed E-state index contributed by atoms with van der Waals surface area (Å²) in [6, 6.07) is 7.45. The van der Waals surface area contributed by atoms with Gasteiger partial charge in [-0.25, -0.2) is 9.50 Å². The standard InChI is InChI=1S/C29H39N5O2/c1-5-23-24-27(35)31-25(19-9-11-21(12-10-19)28(36)33-17-7-6-8-18-33)32-34(24)26(30-23)20-13-15-22(16-14-20)29(2,3)4/h9-12,20,22H,5-8,13-18H2,1-4H3,(H,31,32,35). The number of aryl methyl sites for hydroxylation is 1. The molecule has 0 bridgehead atoms. The smallest absolute Gasteiger partial charge is 0.277 e. The van der Waals surface area contributed by atoms with E-state index in [1.54, 1.807) is 0 Å². The van der Waals surface area contributed by atoms with Gasteiger partial charge in [-0.1, -0.05) is 39.8 Å². The van der Waals surface area contributed by atoms with E-state index in [1.807, 2.05) is 40.6 Å². The molecule has 0 atom stereocenters. The first-order valence-electron chi connectivity index (χ1n) is 13.7. The van der Waals surface area contributed by atoms with E-state index in [-0.39, 0.29) is 11.5 Å². The molecule has 7 heteroatoms. The number of nitrogens with one attached hydrogen (secondary N) is 1. The molecule has 1 saturated carbocycles. The Morgan fingerprint density at radius 3 is 2.31 bits per heavy atom. The van der Waals surface area contributed by atoms with Gasteiger partial charge >= 0.3 is 0 Å². The molecule has 7 nitrogen and oxygen atoms in total. The third-order valence-corrected chi connectivity index (χ3v) is 8.30. The maximum absolute atomic E-state index is 13.2. The molecule has 0 spiro atoms. The third kappa shape index (κ3) is 4.72. The summed E-state index contributed by atoms with van der Waals surface area (Å²) < 4.78 is 1.81. The maximum Gasteiger partial charge on any atom is 0.277 e. The molecule has 0 unspecified atom stereocenters. The van der Waals surface area contributed by atoms with Crippen molar-refractivity contribution in [2.75, 3.05) is 13.1 Å². The molecule has 1 aliphatic carbocycles. The second-order valence-corrected chi connectivity index (χ2v) is 11.7. The van der Waals surface area contributed by atoms with Crippen LogP contribution < -0.4 is 5.56 Å². The van der Waals surface area contributed by atoms with Crippen molar-refractivity contribution in [1.29, 1.82) is 0 Å². The molecule has 3 aromatic rings. The zero-order valence-corrected chi connectivity index (χ0v) is 22.1. The minimum Gasteiger partial charge on any atom is -0.339 e. The largest absolute Gasteiger partial charge is 0.339 e. The van der Waals surface area contributed by atoms with Crippen molar-refractivity contribution < 1.29 is 4.79 Å². The highest BCUT2D eigenvalue weighted by Crippen LogP contribution is 2.43. The molecule has 2 aliphatic rings. The van der Waals surface area contributed by atoms with Crippen LogP contribution in [0.5, 0.6) is 0 Å². The van der Waals surface area contributed by atoms with E-state index in [0.29, 0.717) is 40.6 Å². The number of rotatable bonds is 4. The van der Waals surface area contributed by atoms with Crippen LogP contribution in [0.2, 0.25) is 0 Å². The molecular formula is C29H39N5O2. The highest BCUT2D eigenvalue weighted by molar-refractivity contribution is 5.94. The lowest BCUT2D eigenvalue weighted by Gasteiger charge is -2.36. The van der Waals surface area contributed by atoms with Crippen LogP contribution in [0.15, 0.2) is 29.1 Å². The van der Waals surface area contributed by atoms with Crippen LogP contribution in [-0.4, -0.2) is 43.5 Å². The number of likely N-dealkylation sites (tertiary alicyclic amines) is 1. The van der Waals surface area contributed by atoms with Crippen molar-refractivity contribution in [2.24, 2.45) is 11.3 Å². The van der Waals surface area contributed by atoms with Crippen LogP contribution in [0.4, 0.5) is 0 Å². The monoisotopic (exact) mass is 489 g/mol. The molecule has 2 fully saturated rings. The first-order valence-corrected chi connectivity index (χ1v) is 13.7. The normalized spacial score (nSPS) is 21.2. The summed E-state index contributed by atoms with van der Waals surface area (Å²) in [4.78, 5) is 35.9. The van der Waals surface area contributed by atoms with Crippen LogP contribution in [0.3, 0.4) is 0 Å². The first-order chi connectivity index (χ1) is 17.3. The average Bonchev–Trinajstić information content (AvgIpc) is 3.28. The van der Waals surface area contributed by atoms with E-state index in [9.17, 15) is 9.59 Å². The summed E-state index contributed by atoms with van der Waals surface area (Å²) in [6.07, 6.45) is 8.51. The number of nitrogens with zero attached hydrogens (tertiary/aromatic N) is 4. The predicted molar refractivity (Wildman–Crippen MR) is 142 cm³/mol. The van der Waals surface area contributed by atoms with Gasteiger partial charge in [0.1, 0.15) is 5.82 Å². The number of amides is 1. The van der Waals surface area contributed by atoms with E-state index in [4.69, 9.17) is 10.1 Å². The van der Waals surface area contributed by atoms with Crippen molar-refractivity contribution in [3.8, 4) is 11.4 Å². The molecular weight excluding hydrogens is 450 g/mol. The molecule has 0 radical (unpaired) electrons. The number of aromatic nitrogens is 4. The molecule has 36 heavy (non-hydrogen) atoms. The van der Waals surface area contributed by atoms with E-state index in [0.717, 1.165) is 55.9 Å². The Morgan fingerprint density at radius 1 is 1.03 bits per heavy atom. The minimum atomic E-state index is -0.160. The molecule has 5 rings (SSSR count). The Hall–Kier alpha value is -2.96. The van der Waals surface area contributed by atoms with Crippen molar-refractivity contribution in [3.05, 3.63) is 51.7 Å². The van der Waals surface area contributed by atoms with E-state index < -0.39 is 0 Å². The van der Waals surface area contributed by atoms with E-state index in [2.05, 4.69) is 25.8 Å². The van der Waals surface area contributed by atoms with Gasteiger partial charge in [0.2, 0.25) is 0 Å². The number of benzene rings is 1. The summed E-state index contributed by atoms with van der Waals surface area (Å²) in [7, 11) is 0. The lowest BCUT2D eigenvalue weighted by atomic mass is 9.70. The number of piperidine rings is 1. The quantitative estimate of drug-likeness (QED) is 0.518. The Bertz CT molecular complexity index is 1280. The van der Waals surface area contributed by atoms with Crippen molar-refractivity contribution in [3.63, 3.8) is 0 Å². The predicted octanol–water partition coefficient (Wildman–Crippen LogP) is 5.59. The molecule has 1 amide bonds. The van der Waals surface area contributed by atoms with Gasteiger partial charge in [-0.2, -0.15) is 0 Å². The summed E-state index contributed by atoms with van der Waals surface area (Å²) in [6.45, 7) is 10.7. The fourth-order valence-electron chi connectivity index (χ4n) is 6.00. The fourth-order valence-corrected chi connectivity index (χ4v) is 6.00. The van der Waals surface area contributed by atoms with Gasteiger partial charge in [0, 0.05) is 30.1 Å². The van der Waals surface area contributed by atoms with Crippen LogP contribution in [0, 0.1) is 11.3 Å². The molecule has 3 heterocycles. The Kier molecular flexibility index (Phi) is 6.75. The molecule has 1 saturated heterocycles. The summed E-state index contributed by atoms with van der Waals surface area (Å²) in [5.74, 6) is 2.52. The van der Waals surface area contributed by atoms with Crippen molar-refractivity contribution >= 4 is 11.4 Å². The van der Waals surface area contributed by atoms with Gasteiger partial charge in [-0.3, -0.25) is 9.59 Å². The maximum atomic E-state index is 13.2. The second kappa shape index (κ2) is 9.83. The number of fused-ring (bicyclic) bond motifs is 1. The minimum absolute atomic E-state index is 0.0773. The number of imidazole rings is 1. The number of carbonyl (C=O) groups is 1. The van der Waals surface area contributed by atoms with Gasteiger partial charge in [-0.05, 0) is 74.8 Å². The van der Waals surface area contributed by atoms with Gasteiger partial charge in [-0.15, -0.1) is 5.10 Å². The van der Waals surface area contributed by atoms with Crippen molar-refractivity contribution in [1.82, 2.24) is 24.5 Å². The number of hydrogen-bond donors (Lipinski definition) is 1. The SMILES string of the molecule is CCc1nc(C2CCC(C(C)(C)C)CC2)n2nc(-c3ccc(C(=O)N4CCCCC4)cc3)[nH]c(=O)c12. The lowest BCUT2D eigenvalue weighted by molar-refractivity contribution is 0.0724. The van der Waals surface area contributed by atoms with Crippen LogP contribution >= 0.6 is 0 Å². The zero-order valence-electron chi connectivity index (χ0n) is 22.1. The number of H-pyrrole nitrogens is 1. The van der Waals surface area contributed by atoms with Crippen LogP contribution in [0.25, 0.3) is 16.9 Å².